The van der Waals surface area contributed by atoms with E-state index in [0.29, 0.717) is 18.8 Å². The number of esters is 2. The van der Waals surface area contributed by atoms with Crippen LogP contribution in [0, 0.1) is 0 Å². The second-order valence-electron chi connectivity index (χ2n) is 3.31. The van der Waals surface area contributed by atoms with Crippen LogP contribution in [0.1, 0.15) is 24.2 Å². The van der Waals surface area contributed by atoms with Crippen LogP contribution < -0.4 is 0 Å². The van der Waals surface area contributed by atoms with Gasteiger partial charge in [-0.3, -0.25) is 4.79 Å². The predicted octanol–water partition coefficient (Wildman–Crippen LogP) is 2.52. The highest BCUT2D eigenvalue weighted by Crippen LogP contribution is 2.23. The molecule has 0 fully saturated rings. The topological polar surface area (TPSA) is 52.6 Å². The summed E-state index contributed by atoms with van der Waals surface area (Å²) in [4.78, 5) is 23.7. The van der Waals surface area contributed by atoms with E-state index in [-0.39, 0.29) is 17.7 Å². The van der Waals surface area contributed by atoms with Gasteiger partial charge in [-0.1, -0.05) is 12.1 Å². The van der Waals surface area contributed by atoms with Crippen LogP contribution in [0.3, 0.4) is 0 Å². The second kappa shape index (κ2) is 7.76. The van der Waals surface area contributed by atoms with Crippen LogP contribution in [-0.2, 0) is 14.3 Å². The lowest BCUT2D eigenvalue weighted by Crippen LogP contribution is -2.09. The van der Waals surface area contributed by atoms with Crippen LogP contribution in [0.15, 0.2) is 29.2 Å². The zero-order chi connectivity index (χ0) is 13.4. The summed E-state index contributed by atoms with van der Waals surface area (Å²) in [7, 11) is 0. The first kappa shape index (κ1) is 14.6. The molecule has 0 bridgehead atoms. The molecular formula is C13H16O4S. The van der Waals surface area contributed by atoms with E-state index in [0.717, 1.165) is 4.90 Å². The predicted molar refractivity (Wildman–Crippen MR) is 69.8 cm³/mol. The standard InChI is InChI=1S/C13H16O4S/c1-3-16-12(14)9-18-11-8-6-5-7-10(11)13(15)17-4-2/h5-8H,3-4,9H2,1-2H3. The third-order valence-corrected chi connectivity index (χ3v) is 3.08. The van der Waals surface area contributed by atoms with Crippen molar-refractivity contribution in [3.63, 3.8) is 0 Å². The molecule has 4 nitrogen and oxygen atoms in total. The van der Waals surface area contributed by atoms with Gasteiger partial charge in [0.05, 0.1) is 24.5 Å². The first-order valence-electron chi connectivity index (χ1n) is 5.73. The Kier molecular flexibility index (Phi) is 6.28. The van der Waals surface area contributed by atoms with E-state index in [4.69, 9.17) is 9.47 Å². The number of rotatable bonds is 6. The Morgan fingerprint density at radius 1 is 1.11 bits per heavy atom. The van der Waals surface area contributed by atoms with Crippen LogP contribution in [0.4, 0.5) is 0 Å². The fourth-order valence-electron chi connectivity index (χ4n) is 1.31. The fourth-order valence-corrected chi connectivity index (χ4v) is 2.15. The summed E-state index contributed by atoms with van der Waals surface area (Å²) in [6, 6.07) is 7.05. The molecule has 0 unspecified atom stereocenters. The Morgan fingerprint density at radius 3 is 2.44 bits per heavy atom. The van der Waals surface area contributed by atoms with Crippen LogP contribution in [0.5, 0.6) is 0 Å². The van der Waals surface area contributed by atoms with E-state index in [1.165, 1.54) is 11.8 Å². The molecule has 0 amide bonds. The van der Waals surface area contributed by atoms with Gasteiger partial charge in [0.25, 0.3) is 0 Å². The largest absolute Gasteiger partial charge is 0.465 e. The van der Waals surface area contributed by atoms with Crippen molar-refractivity contribution in [3.05, 3.63) is 29.8 Å². The molecule has 0 aliphatic carbocycles. The quantitative estimate of drug-likeness (QED) is 0.586. The summed E-state index contributed by atoms with van der Waals surface area (Å²) in [5.74, 6) is -0.477. The minimum absolute atomic E-state index is 0.185. The maximum atomic E-state index is 11.7. The lowest BCUT2D eigenvalue weighted by atomic mass is 10.2. The third kappa shape index (κ3) is 4.41. The molecule has 0 atom stereocenters. The summed E-state index contributed by atoms with van der Waals surface area (Å²) in [5, 5.41) is 0. The lowest BCUT2D eigenvalue weighted by molar-refractivity contribution is -0.139. The average Bonchev–Trinajstić information content (AvgIpc) is 2.37. The van der Waals surface area contributed by atoms with Gasteiger partial charge in [0, 0.05) is 4.90 Å². The van der Waals surface area contributed by atoms with E-state index >= 15 is 0 Å². The van der Waals surface area contributed by atoms with Crippen molar-refractivity contribution < 1.29 is 19.1 Å². The number of carbonyl (C=O) groups excluding carboxylic acids is 2. The van der Waals surface area contributed by atoms with Crippen molar-refractivity contribution in [1.82, 2.24) is 0 Å². The Morgan fingerprint density at radius 2 is 1.78 bits per heavy atom. The molecule has 0 aliphatic heterocycles. The Balaban J connectivity index is 2.70. The van der Waals surface area contributed by atoms with Gasteiger partial charge in [-0.2, -0.15) is 0 Å². The monoisotopic (exact) mass is 268 g/mol. The van der Waals surface area contributed by atoms with Gasteiger partial charge in [-0.05, 0) is 26.0 Å². The molecule has 1 aromatic carbocycles. The van der Waals surface area contributed by atoms with E-state index in [9.17, 15) is 9.59 Å². The van der Waals surface area contributed by atoms with E-state index in [2.05, 4.69) is 0 Å². The number of thioether (sulfide) groups is 1. The van der Waals surface area contributed by atoms with Gasteiger partial charge in [-0.15, -0.1) is 11.8 Å². The van der Waals surface area contributed by atoms with Crippen molar-refractivity contribution in [1.29, 1.82) is 0 Å². The number of carbonyl (C=O) groups is 2. The summed E-state index contributed by atoms with van der Waals surface area (Å²) in [6.07, 6.45) is 0. The normalized spacial score (nSPS) is 9.89. The molecule has 0 spiro atoms. The molecule has 0 aliphatic rings. The average molecular weight is 268 g/mol. The zero-order valence-corrected chi connectivity index (χ0v) is 11.3. The number of benzene rings is 1. The van der Waals surface area contributed by atoms with Crippen molar-refractivity contribution in [2.45, 2.75) is 18.7 Å². The van der Waals surface area contributed by atoms with Gasteiger partial charge < -0.3 is 9.47 Å². The van der Waals surface area contributed by atoms with E-state index in [1.807, 2.05) is 6.07 Å². The molecule has 18 heavy (non-hydrogen) atoms. The Hall–Kier alpha value is -1.49. The first-order valence-corrected chi connectivity index (χ1v) is 6.72. The van der Waals surface area contributed by atoms with Crippen LogP contribution in [0.2, 0.25) is 0 Å². The molecule has 0 radical (unpaired) electrons. The molecule has 0 saturated heterocycles. The molecule has 0 heterocycles. The van der Waals surface area contributed by atoms with Crippen LogP contribution in [-0.4, -0.2) is 30.9 Å². The second-order valence-corrected chi connectivity index (χ2v) is 4.33. The smallest absolute Gasteiger partial charge is 0.339 e. The molecule has 1 rings (SSSR count). The van der Waals surface area contributed by atoms with Crippen molar-refractivity contribution in [2.24, 2.45) is 0 Å². The van der Waals surface area contributed by atoms with Crippen LogP contribution in [0.25, 0.3) is 0 Å². The van der Waals surface area contributed by atoms with Crippen LogP contribution >= 0.6 is 11.8 Å². The molecule has 0 aromatic heterocycles. The fraction of sp³-hybridized carbons (Fsp3) is 0.385. The minimum atomic E-state index is -0.371. The maximum Gasteiger partial charge on any atom is 0.339 e. The highest BCUT2D eigenvalue weighted by molar-refractivity contribution is 8.00. The molecule has 1 aromatic rings. The van der Waals surface area contributed by atoms with Gasteiger partial charge in [0.2, 0.25) is 0 Å². The van der Waals surface area contributed by atoms with Gasteiger partial charge in [-0.25, -0.2) is 4.79 Å². The van der Waals surface area contributed by atoms with Gasteiger partial charge in [0.15, 0.2) is 0 Å². The number of hydrogen-bond acceptors (Lipinski definition) is 5. The first-order chi connectivity index (χ1) is 8.69. The van der Waals surface area contributed by atoms with Crippen molar-refractivity contribution >= 4 is 23.7 Å². The SMILES string of the molecule is CCOC(=O)CSc1ccccc1C(=O)OCC. The molecule has 98 valence electrons. The summed E-state index contributed by atoms with van der Waals surface area (Å²) >= 11 is 1.27. The summed E-state index contributed by atoms with van der Waals surface area (Å²) in [6.45, 7) is 4.20. The molecule has 0 saturated carbocycles. The Bertz CT molecular complexity index is 417. The minimum Gasteiger partial charge on any atom is -0.465 e. The van der Waals surface area contributed by atoms with Gasteiger partial charge in [0.1, 0.15) is 0 Å². The summed E-state index contributed by atoms with van der Waals surface area (Å²) in [5.41, 5.74) is 0.480. The zero-order valence-electron chi connectivity index (χ0n) is 10.5. The number of hydrogen-bond donors (Lipinski definition) is 0. The van der Waals surface area contributed by atoms with Gasteiger partial charge >= 0.3 is 11.9 Å². The highest BCUT2D eigenvalue weighted by Gasteiger charge is 2.13. The molecular weight excluding hydrogens is 252 g/mol. The lowest BCUT2D eigenvalue weighted by Gasteiger charge is -2.07. The Labute approximate surface area is 111 Å². The highest BCUT2D eigenvalue weighted by atomic mass is 32.2. The maximum absolute atomic E-state index is 11.7. The summed E-state index contributed by atoms with van der Waals surface area (Å²) < 4.78 is 9.79. The third-order valence-electron chi connectivity index (χ3n) is 2.03. The molecule has 0 N–H and O–H groups in total. The van der Waals surface area contributed by atoms with Crippen molar-refractivity contribution in [2.75, 3.05) is 19.0 Å². The van der Waals surface area contributed by atoms with E-state index < -0.39 is 0 Å². The molecule has 5 heteroatoms. The van der Waals surface area contributed by atoms with Crippen molar-refractivity contribution in [3.8, 4) is 0 Å². The number of ether oxygens (including phenoxy) is 2. The van der Waals surface area contributed by atoms with E-state index in [1.54, 1.807) is 32.0 Å².